The molecule has 1 saturated carbocycles. The van der Waals surface area contributed by atoms with Crippen LogP contribution in [0.15, 0.2) is 0 Å². The van der Waals surface area contributed by atoms with Crippen molar-refractivity contribution >= 4 is 5.97 Å². The number of esters is 1. The minimum atomic E-state index is -0.756. The minimum Gasteiger partial charge on any atom is -0.468 e. The smallest absolute Gasteiger partial charge is 0.326 e. The number of nitrogens with zero attached hydrogens (tertiary/aromatic N) is 2. The van der Waals surface area contributed by atoms with Gasteiger partial charge in [0.1, 0.15) is 5.54 Å². The molecule has 5 heteroatoms. The number of ether oxygens (including phenoxy) is 1. The van der Waals surface area contributed by atoms with Crippen LogP contribution in [0.3, 0.4) is 0 Å². The topological polar surface area (TPSA) is 58.8 Å². The average Bonchev–Trinajstić information content (AvgIpc) is 2.83. The Labute approximate surface area is 129 Å². The maximum absolute atomic E-state index is 12.0. The number of methoxy groups -OCH3 is 1. The Kier molecular flexibility index (Phi) is 7.63. The van der Waals surface area contributed by atoms with Gasteiger partial charge >= 0.3 is 5.97 Å². The molecule has 1 aliphatic rings. The van der Waals surface area contributed by atoms with Crippen molar-refractivity contribution in [2.75, 3.05) is 47.4 Å². The van der Waals surface area contributed by atoms with Crippen LogP contribution in [0.5, 0.6) is 0 Å². The average molecular weight is 299 g/mol. The third kappa shape index (κ3) is 5.24. The molecule has 0 radical (unpaired) electrons. The standard InChI is InChI=1S/C16H33N3O2/c1-5-10-19(13-12-18(2)3)11-8-14-7-6-9-16(14,17)15(20)21-4/h14H,5-13,17H2,1-4H3. The molecule has 0 bridgehead atoms. The van der Waals surface area contributed by atoms with Gasteiger partial charge in [-0.15, -0.1) is 0 Å². The zero-order chi connectivity index (χ0) is 15.9. The molecular weight excluding hydrogens is 266 g/mol. The van der Waals surface area contributed by atoms with Crippen molar-refractivity contribution in [2.45, 2.75) is 44.6 Å². The van der Waals surface area contributed by atoms with Gasteiger partial charge < -0.3 is 20.3 Å². The monoisotopic (exact) mass is 299 g/mol. The third-order valence-corrected chi connectivity index (χ3v) is 4.63. The summed E-state index contributed by atoms with van der Waals surface area (Å²) in [6, 6.07) is 0. The lowest BCUT2D eigenvalue weighted by molar-refractivity contribution is -0.148. The molecule has 1 aliphatic carbocycles. The summed E-state index contributed by atoms with van der Waals surface area (Å²) >= 11 is 0. The molecule has 0 spiro atoms. The molecule has 0 aromatic heterocycles. The molecule has 0 aliphatic heterocycles. The van der Waals surface area contributed by atoms with Gasteiger partial charge in [0, 0.05) is 13.1 Å². The first-order valence-corrected chi connectivity index (χ1v) is 8.18. The van der Waals surface area contributed by atoms with E-state index in [4.69, 9.17) is 10.5 Å². The molecule has 5 nitrogen and oxygen atoms in total. The van der Waals surface area contributed by atoms with E-state index < -0.39 is 5.54 Å². The van der Waals surface area contributed by atoms with E-state index in [9.17, 15) is 4.79 Å². The van der Waals surface area contributed by atoms with Crippen molar-refractivity contribution in [3.8, 4) is 0 Å². The lowest BCUT2D eigenvalue weighted by Crippen LogP contribution is -2.52. The lowest BCUT2D eigenvalue weighted by atomic mass is 9.85. The molecule has 0 aromatic carbocycles. The summed E-state index contributed by atoms with van der Waals surface area (Å²) in [4.78, 5) is 16.7. The summed E-state index contributed by atoms with van der Waals surface area (Å²) in [5, 5.41) is 0. The first kappa shape index (κ1) is 18.4. The van der Waals surface area contributed by atoms with E-state index in [2.05, 4.69) is 30.8 Å². The Morgan fingerprint density at radius 3 is 2.57 bits per heavy atom. The molecule has 0 saturated heterocycles. The van der Waals surface area contributed by atoms with Crippen LogP contribution >= 0.6 is 0 Å². The van der Waals surface area contributed by atoms with Crippen LogP contribution in [0.4, 0.5) is 0 Å². The first-order chi connectivity index (χ1) is 9.93. The van der Waals surface area contributed by atoms with Crippen LogP contribution in [-0.4, -0.2) is 68.7 Å². The molecule has 0 heterocycles. The second kappa shape index (κ2) is 8.71. The van der Waals surface area contributed by atoms with E-state index >= 15 is 0 Å². The summed E-state index contributed by atoms with van der Waals surface area (Å²) < 4.78 is 4.92. The van der Waals surface area contributed by atoms with Gasteiger partial charge in [0.25, 0.3) is 0 Å². The van der Waals surface area contributed by atoms with Gasteiger partial charge in [-0.05, 0) is 58.8 Å². The Balaban J connectivity index is 2.51. The predicted octanol–water partition coefficient (Wildman–Crippen LogP) is 1.32. The van der Waals surface area contributed by atoms with Crippen LogP contribution in [0.2, 0.25) is 0 Å². The number of rotatable bonds is 9. The SMILES string of the molecule is CCCN(CCC1CCCC1(N)C(=O)OC)CCN(C)C. The molecule has 1 fully saturated rings. The summed E-state index contributed by atoms with van der Waals surface area (Å²) in [5.41, 5.74) is 5.58. The Morgan fingerprint density at radius 2 is 2.00 bits per heavy atom. The van der Waals surface area contributed by atoms with Gasteiger partial charge in [0.2, 0.25) is 0 Å². The van der Waals surface area contributed by atoms with E-state index in [1.165, 1.54) is 7.11 Å². The zero-order valence-corrected chi connectivity index (χ0v) is 14.2. The second-order valence-corrected chi connectivity index (χ2v) is 6.55. The summed E-state index contributed by atoms with van der Waals surface area (Å²) in [6.45, 7) is 6.47. The van der Waals surface area contributed by atoms with Gasteiger partial charge in [0.05, 0.1) is 7.11 Å². The van der Waals surface area contributed by atoms with Gasteiger partial charge in [-0.3, -0.25) is 4.79 Å². The highest BCUT2D eigenvalue weighted by molar-refractivity contribution is 5.81. The molecule has 124 valence electrons. The van der Waals surface area contributed by atoms with E-state index in [-0.39, 0.29) is 11.9 Å². The molecule has 1 rings (SSSR count). The van der Waals surface area contributed by atoms with Crippen LogP contribution < -0.4 is 5.73 Å². The number of carbonyl (C=O) groups is 1. The van der Waals surface area contributed by atoms with Crippen LogP contribution in [0.1, 0.15) is 39.0 Å². The number of carbonyl (C=O) groups excluding carboxylic acids is 1. The molecule has 0 aromatic rings. The van der Waals surface area contributed by atoms with Crippen molar-refractivity contribution < 1.29 is 9.53 Å². The summed E-state index contributed by atoms with van der Waals surface area (Å²) in [5.74, 6) is 0.0176. The number of hydrogen-bond acceptors (Lipinski definition) is 5. The normalized spacial score (nSPS) is 25.8. The third-order valence-electron chi connectivity index (χ3n) is 4.63. The zero-order valence-electron chi connectivity index (χ0n) is 14.2. The van der Waals surface area contributed by atoms with Gasteiger partial charge in [-0.2, -0.15) is 0 Å². The fourth-order valence-corrected chi connectivity index (χ4v) is 3.29. The van der Waals surface area contributed by atoms with Gasteiger partial charge in [-0.25, -0.2) is 0 Å². The second-order valence-electron chi connectivity index (χ2n) is 6.55. The van der Waals surface area contributed by atoms with Crippen LogP contribution in [0.25, 0.3) is 0 Å². The Hall–Kier alpha value is -0.650. The fourth-order valence-electron chi connectivity index (χ4n) is 3.29. The Morgan fingerprint density at radius 1 is 1.29 bits per heavy atom. The maximum Gasteiger partial charge on any atom is 0.326 e. The van der Waals surface area contributed by atoms with Crippen molar-refractivity contribution in [3.05, 3.63) is 0 Å². The van der Waals surface area contributed by atoms with E-state index in [0.717, 1.165) is 58.3 Å². The molecule has 21 heavy (non-hydrogen) atoms. The molecule has 0 amide bonds. The van der Waals surface area contributed by atoms with E-state index in [0.29, 0.717) is 0 Å². The summed E-state index contributed by atoms with van der Waals surface area (Å²) in [7, 11) is 5.64. The fraction of sp³-hybridized carbons (Fsp3) is 0.938. The van der Waals surface area contributed by atoms with E-state index in [1.807, 2.05) is 0 Å². The molecule has 2 unspecified atom stereocenters. The highest BCUT2D eigenvalue weighted by Crippen LogP contribution is 2.37. The predicted molar refractivity (Wildman–Crippen MR) is 86.2 cm³/mol. The van der Waals surface area contributed by atoms with Gasteiger partial charge in [0.15, 0.2) is 0 Å². The van der Waals surface area contributed by atoms with Gasteiger partial charge in [-0.1, -0.05) is 13.3 Å². The Bertz CT molecular complexity index is 323. The minimum absolute atomic E-state index is 0.236. The first-order valence-electron chi connectivity index (χ1n) is 8.18. The quantitative estimate of drug-likeness (QED) is 0.651. The summed E-state index contributed by atoms with van der Waals surface area (Å²) in [6.07, 6.45) is 4.97. The van der Waals surface area contributed by atoms with Crippen molar-refractivity contribution in [1.82, 2.24) is 9.80 Å². The number of likely N-dealkylation sites (N-methyl/N-ethyl adjacent to an activating group) is 1. The maximum atomic E-state index is 12.0. The lowest BCUT2D eigenvalue weighted by Gasteiger charge is -2.31. The highest BCUT2D eigenvalue weighted by atomic mass is 16.5. The van der Waals surface area contributed by atoms with Crippen molar-refractivity contribution in [3.63, 3.8) is 0 Å². The number of hydrogen-bond donors (Lipinski definition) is 1. The van der Waals surface area contributed by atoms with Crippen molar-refractivity contribution in [1.29, 1.82) is 0 Å². The van der Waals surface area contributed by atoms with Crippen LogP contribution in [-0.2, 0) is 9.53 Å². The van der Waals surface area contributed by atoms with Crippen LogP contribution in [0, 0.1) is 5.92 Å². The highest BCUT2D eigenvalue weighted by Gasteiger charge is 2.46. The molecule has 2 N–H and O–H groups in total. The molecular formula is C16H33N3O2. The number of nitrogens with two attached hydrogens (primary N) is 1. The van der Waals surface area contributed by atoms with E-state index in [1.54, 1.807) is 0 Å². The van der Waals surface area contributed by atoms with Crippen molar-refractivity contribution in [2.24, 2.45) is 11.7 Å². The largest absolute Gasteiger partial charge is 0.468 e. The molecule has 2 atom stereocenters.